The maximum absolute atomic E-state index is 12.4. The fraction of sp³-hybridized carbons (Fsp3) is 0.538. The van der Waals surface area contributed by atoms with Crippen LogP contribution < -0.4 is 5.73 Å². The second kappa shape index (κ2) is 5.82. The van der Waals surface area contributed by atoms with E-state index < -0.39 is 0 Å². The summed E-state index contributed by atoms with van der Waals surface area (Å²) in [6.07, 6.45) is 5.16. The number of pyridine rings is 1. The van der Waals surface area contributed by atoms with Gasteiger partial charge in [-0.1, -0.05) is 0 Å². The summed E-state index contributed by atoms with van der Waals surface area (Å²) in [6.45, 7) is 0.926. The van der Waals surface area contributed by atoms with Gasteiger partial charge in [-0.25, -0.2) is 4.98 Å². The van der Waals surface area contributed by atoms with Gasteiger partial charge in [0.25, 0.3) is 5.91 Å². The summed E-state index contributed by atoms with van der Waals surface area (Å²) in [5.74, 6) is -0.0893. The standard InChI is InChI=1S/C13H19N3O2/c14-11-6-1-7-15-12(11)13(18)16-8-2-4-10(16)5-3-9-17/h1,6-7,10,17H,2-5,8-9,14H2. The number of carbonyl (C=O) groups is 1. The van der Waals surface area contributed by atoms with Crippen LogP contribution in [0.15, 0.2) is 18.3 Å². The fourth-order valence-electron chi connectivity index (χ4n) is 2.46. The van der Waals surface area contributed by atoms with Gasteiger partial charge in [-0.05, 0) is 37.8 Å². The highest BCUT2D eigenvalue weighted by Crippen LogP contribution is 2.24. The molecule has 3 N–H and O–H groups in total. The fourth-order valence-corrected chi connectivity index (χ4v) is 2.46. The van der Waals surface area contributed by atoms with E-state index in [1.165, 1.54) is 0 Å². The van der Waals surface area contributed by atoms with E-state index in [2.05, 4.69) is 4.98 Å². The van der Waals surface area contributed by atoms with Crippen LogP contribution in [0.4, 0.5) is 5.69 Å². The van der Waals surface area contributed by atoms with Crippen molar-refractivity contribution in [3.05, 3.63) is 24.0 Å². The van der Waals surface area contributed by atoms with Gasteiger partial charge in [0.1, 0.15) is 0 Å². The first-order valence-corrected chi connectivity index (χ1v) is 6.36. The molecule has 18 heavy (non-hydrogen) atoms. The van der Waals surface area contributed by atoms with Crippen molar-refractivity contribution in [3.63, 3.8) is 0 Å². The number of carbonyl (C=O) groups excluding carboxylic acids is 1. The molecule has 1 aromatic heterocycles. The topological polar surface area (TPSA) is 79.5 Å². The molecule has 5 heteroatoms. The molecule has 5 nitrogen and oxygen atoms in total. The average molecular weight is 249 g/mol. The number of nitrogens with zero attached hydrogens (tertiary/aromatic N) is 2. The number of hydrogen-bond donors (Lipinski definition) is 2. The normalized spacial score (nSPS) is 19.2. The maximum Gasteiger partial charge on any atom is 0.274 e. The van der Waals surface area contributed by atoms with Gasteiger partial charge in [0.15, 0.2) is 5.69 Å². The van der Waals surface area contributed by atoms with Crippen LogP contribution in [0.2, 0.25) is 0 Å². The Morgan fingerprint density at radius 2 is 2.44 bits per heavy atom. The van der Waals surface area contributed by atoms with Gasteiger partial charge in [0, 0.05) is 25.4 Å². The number of anilines is 1. The second-order valence-electron chi connectivity index (χ2n) is 4.60. The number of aliphatic hydroxyl groups is 1. The Hall–Kier alpha value is -1.62. The Labute approximate surface area is 107 Å². The van der Waals surface area contributed by atoms with Crippen LogP contribution >= 0.6 is 0 Å². The monoisotopic (exact) mass is 249 g/mol. The third-order valence-electron chi connectivity index (χ3n) is 3.37. The van der Waals surface area contributed by atoms with Crippen molar-refractivity contribution in [1.29, 1.82) is 0 Å². The molecule has 1 atom stereocenters. The molecule has 98 valence electrons. The van der Waals surface area contributed by atoms with Gasteiger partial charge in [0.05, 0.1) is 5.69 Å². The Bertz CT molecular complexity index is 422. The molecule has 2 rings (SSSR count). The van der Waals surface area contributed by atoms with Gasteiger partial charge >= 0.3 is 0 Å². The maximum atomic E-state index is 12.4. The largest absolute Gasteiger partial charge is 0.397 e. The molecule has 0 aromatic carbocycles. The van der Waals surface area contributed by atoms with Crippen molar-refractivity contribution in [2.45, 2.75) is 31.7 Å². The zero-order valence-corrected chi connectivity index (χ0v) is 10.4. The minimum atomic E-state index is -0.0893. The molecule has 1 fully saturated rings. The van der Waals surface area contributed by atoms with E-state index in [4.69, 9.17) is 10.8 Å². The molecule has 0 spiro atoms. The summed E-state index contributed by atoms with van der Waals surface area (Å²) in [7, 11) is 0. The molecule has 1 unspecified atom stereocenters. The smallest absolute Gasteiger partial charge is 0.274 e. The molecule has 1 amide bonds. The summed E-state index contributed by atoms with van der Waals surface area (Å²) in [5.41, 5.74) is 6.55. The first kappa shape index (κ1) is 12.8. The lowest BCUT2D eigenvalue weighted by atomic mass is 10.1. The van der Waals surface area contributed by atoms with Crippen molar-refractivity contribution >= 4 is 11.6 Å². The van der Waals surface area contributed by atoms with Crippen LogP contribution in [0.5, 0.6) is 0 Å². The van der Waals surface area contributed by atoms with E-state index in [0.29, 0.717) is 11.4 Å². The first-order chi connectivity index (χ1) is 8.74. The van der Waals surface area contributed by atoms with E-state index >= 15 is 0 Å². The van der Waals surface area contributed by atoms with Crippen molar-refractivity contribution in [2.75, 3.05) is 18.9 Å². The molecule has 0 bridgehead atoms. The van der Waals surface area contributed by atoms with Crippen LogP contribution in [0.3, 0.4) is 0 Å². The third-order valence-corrected chi connectivity index (χ3v) is 3.37. The predicted molar refractivity (Wildman–Crippen MR) is 69.0 cm³/mol. The Morgan fingerprint density at radius 3 is 3.17 bits per heavy atom. The van der Waals surface area contributed by atoms with Crippen LogP contribution in [0, 0.1) is 0 Å². The molecule has 1 saturated heterocycles. The molecular weight excluding hydrogens is 230 g/mol. The van der Waals surface area contributed by atoms with Crippen molar-refractivity contribution in [3.8, 4) is 0 Å². The number of nitrogens with two attached hydrogens (primary N) is 1. The van der Waals surface area contributed by atoms with E-state index in [1.807, 2.05) is 4.90 Å². The summed E-state index contributed by atoms with van der Waals surface area (Å²) >= 11 is 0. The predicted octanol–water partition coefficient (Wildman–Crippen LogP) is 1.04. The van der Waals surface area contributed by atoms with E-state index in [0.717, 1.165) is 32.2 Å². The lowest BCUT2D eigenvalue weighted by molar-refractivity contribution is 0.0719. The average Bonchev–Trinajstić information content (AvgIpc) is 2.84. The van der Waals surface area contributed by atoms with Crippen molar-refractivity contribution in [2.24, 2.45) is 0 Å². The lowest BCUT2D eigenvalue weighted by Crippen LogP contribution is -2.36. The van der Waals surface area contributed by atoms with Gasteiger partial charge in [-0.2, -0.15) is 0 Å². The summed E-state index contributed by atoms with van der Waals surface area (Å²) < 4.78 is 0. The van der Waals surface area contributed by atoms with Gasteiger partial charge < -0.3 is 15.7 Å². The zero-order valence-electron chi connectivity index (χ0n) is 10.4. The van der Waals surface area contributed by atoms with Gasteiger partial charge in [-0.15, -0.1) is 0 Å². The van der Waals surface area contributed by atoms with Gasteiger partial charge in [-0.3, -0.25) is 4.79 Å². The minimum absolute atomic E-state index is 0.0893. The molecule has 1 aliphatic heterocycles. The van der Waals surface area contributed by atoms with Crippen LogP contribution in [0.25, 0.3) is 0 Å². The number of likely N-dealkylation sites (tertiary alicyclic amines) is 1. The molecule has 0 radical (unpaired) electrons. The van der Waals surface area contributed by atoms with Crippen molar-refractivity contribution < 1.29 is 9.90 Å². The molecule has 0 saturated carbocycles. The Kier molecular flexibility index (Phi) is 4.15. The number of aliphatic hydroxyl groups excluding tert-OH is 1. The molecule has 0 aliphatic carbocycles. The Morgan fingerprint density at radius 1 is 1.61 bits per heavy atom. The summed E-state index contributed by atoms with van der Waals surface area (Å²) in [5, 5.41) is 8.88. The molecular formula is C13H19N3O2. The van der Waals surface area contributed by atoms with Crippen LogP contribution in [0.1, 0.15) is 36.2 Å². The van der Waals surface area contributed by atoms with E-state index in [-0.39, 0.29) is 18.6 Å². The number of nitrogen functional groups attached to an aromatic ring is 1. The number of amides is 1. The number of aromatic nitrogens is 1. The molecule has 1 aliphatic rings. The lowest BCUT2D eigenvalue weighted by Gasteiger charge is -2.24. The highest BCUT2D eigenvalue weighted by atomic mass is 16.3. The second-order valence-corrected chi connectivity index (χ2v) is 4.60. The van der Waals surface area contributed by atoms with E-state index in [1.54, 1.807) is 18.3 Å². The highest BCUT2D eigenvalue weighted by Gasteiger charge is 2.30. The molecule has 2 heterocycles. The first-order valence-electron chi connectivity index (χ1n) is 6.36. The zero-order chi connectivity index (χ0) is 13.0. The highest BCUT2D eigenvalue weighted by molar-refractivity contribution is 5.97. The van der Waals surface area contributed by atoms with E-state index in [9.17, 15) is 4.79 Å². The number of hydrogen-bond acceptors (Lipinski definition) is 4. The van der Waals surface area contributed by atoms with Crippen molar-refractivity contribution in [1.82, 2.24) is 9.88 Å². The van der Waals surface area contributed by atoms with Crippen LogP contribution in [-0.2, 0) is 0 Å². The van der Waals surface area contributed by atoms with Crippen LogP contribution in [-0.4, -0.2) is 40.1 Å². The third kappa shape index (κ3) is 2.61. The number of rotatable bonds is 4. The quantitative estimate of drug-likeness (QED) is 0.835. The SMILES string of the molecule is Nc1cccnc1C(=O)N1CCCC1CCCO. The molecule has 1 aromatic rings. The summed E-state index contributed by atoms with van der Waals surface area (Å²) in [4.78, 5) is 18.3. The Balaban J connectivity index is 2.10. The minimum Gasteiger partial charge on any atom is -0.397 e. The van der Waals surface area contributed by atoms with Gasteiger partial charge in [0.2, 0.25) is 0 Å². The summed E-state index contributed by atoms with van der Waals surface area (Å²) in [6, 6.07) is 3.63.